The van der Waals surface area contributed by atoms with Crippen LogP contribution in [0.15, 0.2) is 22.7 Å². The van der Waals surface area contributed by atoms with E-state index in [-0.39, 0.29) is 17.2 Å². The molecule has 3 amide bonds. The largest absolute Gasteiger partial charge is 0.333 e. The lowest BCUT2D eigenvalue weighted by molar-refractivity contribution is -0.117. The molecule has 1 aliphatic carbocycles. The maximum absolute atomic E-state index is 12.0. The Kier molecular flexibility index (Phi) is 5.14. The zero-order chi connectivity index (χ0) is 18.0. The van der Waals surface area contributed by atoms with E-state index in [1.165, 1.54) is 11.8 Å². The number of nitrogens with zero attached hydrogens (tertiary/aromatic N) is 3. The lowest BCUT2D eigenvalue weighted by atomic mass is 10.1. The first-order chi connectivity index (χ1) is 11.8. The molecule has 2 N–H and O–H groups in total. The van der Waals surface area contributed by atoms with Gasteiger partial charge in [-0.15, -0.1) is 21.5 Å². The van der Waals surface area contributed by atoms with Crippen LogP contribution >= 0.6 is 23.1 Å². The van der Waals surface area contributed by atoms with E-state index in [0.717, 1.165) is 28.7 Å². The SMILES string of the molecule is CC(C)(C)NC(=O)NC(=O)CSc1nnc(-c2cccs2)n1C1CC1. The molecule has 1 aliphatic rings. The zero-order valence-corrected chi connectivity index (χ0v) is 16.0. The van der Waals surface area contributed by atoms with Crippen LogP contribution in [-0.4, -0.2) is 38.0 Å². The summed E-state index contributed by atoms with van der Waals surface area (Å²) in [5.41, 5.74) is -0.390. The van der Waals surface area contributed by atoms with Crippen molar-refractivity contribution in [3.05, 3.63) is 17.5 Å². The second kappa shape index (κ2) is 7.17. The van der Waals surface area contributed by atoms with E-state index in [1.807, 2.05) is 38.3 Å². The molecule has 2 aromatic heterocycles. The third kappa shape index (κ3) is 4.82. The van der Waals surface area contributed by atoms with Crippen molar-refractivity contribution in [1.29, 1.82) is 0 Å². The summed E-state index contributed by atoms with van der Waals surface area (Å²) in [7, 11) is 0. The van der Waals surface area contributed by atoms with Crippen LogP contribution in [0.4, 0.5) is 4.79 Å². The molecule has 0 spiro atoms. The van der Waals surface area contributed by atoms with Crippen molar-refractivity contribution in [3.63, 3.8) is 0 Å². The van der Waals surface area contributed by atoms with Crippen LogP contribution in [0.5, 0.6) is 0 Å². The Balaban J connectivity index is 1.62. The fraction of sp³-hybridized carbons (Fsp3) is 0.500. The number of thiophene rings is 1. The Morgan fingerprint density at radius 2 is 2.12 bits per heavy atom. The average Bonchev–Trinajstić information content (AvgIpc) is 3.04. The molecule has 0 saturated heterocycles. The molecule has 9 heteroatoms. The van der Waals surface area contributed by atoms with Crippen molar-refractivity contribution < 1.29 is 9.59 Å². The molecule has 0 bridgehead atoms. The molecule has 0 aromatic carbocycles. The minimum absolute atomic E-state index is 0.118. The summed E-state index contributed by atoms with van der Waals surface area (Å²) in [5, 5.41) is 16.3. The van der Waals surface area contributed by atoms with Gasteiger partial charge in [-0.2, -0.15) is 0 Å². The summed E-state index contributed by atoms with van der Waals surface area (Å²) in [6, 6.07) is 3.92. The molecule has 2 heterocycles. The minimum atomic E-state index is -0.485. The number of carbonyl (C=O) groups excluding carboxylic acids is 2. The number of thioether (sulfide) groups is 1. The van der Waals surface area contributed by atoms with E-state index < -0.39 is 6.03 Å². The monoisotopic (exact) mass is 379 g/mol. The second-order valence-corrected chi connectivity index (χ2v) is 8.82. The number of carbonyl (C=O) groups is 2. The van der Waals surface area contributed by atoms with Crippen molar-refractivity contribution in [2.24, 2.45) is 0 Å². The van der Waals surface area contributed by atoms with Gasteiger partial charge in [0.05, 0.1) is 10.6 Å². The molecular weight excluding hydrogens is 358 g/mol. The summed E-state index contributed by atoms with van der Waals surface area (Å²) in [6.45, 7) is 5.57. The van der Waals surface area contributed by atoms with E-state index in [1.54, 1.807) is 11.3 Å². The summed E-state index contributed by atoms with van der Waals surface area (Å²) in [6.07, 6.45) is 2.20. The molecule has 1 saturated carbocycles. The molecule has 25 heavy (non-hydrogen) atoms. The van der Waals surface area contributed by atoms with Crippen LogP contribution in [0.1, 0.15) is 39.7 Å². The quantitative estimate of drug-likeness (QED) is 0.780. The molecule has 2 aromatic rings. The fourth-order valence-electron chi connectivity index (χ4n) is 2.28. The Labute approximate surface area is 154 Å². The topological polar surface area (TPSA) is 88.9 Å². The van der Waals surface area contributed by atoms with Gasteiger partial charge in [0.1, 0.15) is 0 Å². The molecule has 134 valence electrons. The van der Waals surface area contributed by atoms with Crippen molar-refractivity contribution in [2.75, 3.05) is 5.75 Å². The highest BCUT2D eigenvalue weighted by Crippen LogP contribution is 2.41. The van der Waals surface area contributed by atoms with E-state index in [2.05, 4.69) is 25.4 Å². The maximum Gasteiger partial charge on any atom is 0.321 e. The van der Waals surface area contributed by atoms with Crippen molar-refractivity contribution >= 4 is 35.0 Å². The molecule has 0 aliphatic heterocycles. The van der Waals surface area contributed by atoms with Gasteiger partial charge < -0.3 is 5.32 Å². The molecule has 0 radical (unpaired) electrons. The highest BCUT2D eigenvalue weighted by atomic mass is 32.2. The van der Waals surface area contributed by atoms with E-state index in [9.17, 15) is 9.59 Å². The summed E-state index contributed by atoms with van der Waals surface area (Å²) in [4.78, 5) is 24.8. The van der Waals surface area contributed by atoms with E-state index >= 15 is 0 Å². The molecule has 1 fully saturated rings. The minimum Gasteiger partial charge on any atom is -0.333 e. The first-order valence-corrected chi connectivity index (χ1v) is 9.93. The van der Waals surface area contributed by atoms with Crippen LogP contribution in [0.25, 0.3) is 10.7 Å². The fourth-order valence-corrected chi connectivity index (χ4v) is 3.79. The summed E-state index contributed by atoms with van der Waals surface area (Å²) < 4.78 is 2.11. The van der Waals surface area contributed by atoms with Gasteiger partial charge in [0.15, 0.2) is 11.0 Å². The van der Waals surface area contributed by atoms with Gasteiger partial charge in [0, 0.05) is 11.6 Å². The predicted molar refractivity (Wildman–Crippen MR) is 98.8 cm³/mol. The normalized spacial score (nSPS) is 14.4. The average molecular weight is 380 g/mol. The molecule has 0 unspecified atom stereocenters. The van der Waals surface area contributed by atoms with Crippen LogP contribution < -0.4 is 10.6 Å². The number of hydrogen-bond acceptors (Lipinski definition) is 6. The Morgan fingerprint density at radius 1 is 1.36 bits per heavy atom. The van der Waals surface area contributed by atoms with Crippen LogP contribution in [0.3, 0.4) is 0 Å². The number of rotatable bonds is 5. The standard InChI is InChI=1S/C16H21N5O2S2/c1-16(2,3)18-14(23)17-12(22)9-25-15-20-19-13(11-5-4-8-24-11)21(15)10-6-7-10/h4-5,8,10H,6-7,9H2,1-3H3,(H2,17,18,22,23). The number of urea groups is 1. The molecule has 0 atom stereocenters. The number of amides is 3. The smallest absolute Gasteiger partial charge is 0.321 e. The van der Waals surface area contributed by atoms with Crippen molar-refractivity contribution in [1.82, 2.24) is 25.4 Å². The summed E-state index contributed by atoms with van der Waals surface area (Å²) in [5.74, 6) is 0.619. The highest BCUT2D eigenvalue weighted by Gasteiger charge is 2.30. The van der Waals surface area contributed by atoms with Crippen molar-refractivity contribution in [2.45, 2.75) is 50.4 Å². The second-order valence-electron chi connectivity index (χ2n) is 6.93. The highest BCUT2D eigenvalue weighted by molar-refractivity contribution is 7.99. The Bertz CT molecular complexity index is 760. The lowest BCUT2D eigenvalue weighted by Crippen LogP contribution is -2.48. The molecule has 7 nitrogen and oxygen atoms in total. The van der Waals surface area contributed by atoms with Gasteiger partial charge in [0.2, 0.25) is 5.91 Å². The van der Waals surface area contributed by atoms with E-state index in [0.29, 0.717) is 6.04 Å². The number of aromatic nitrogens is 3. The third-order valence-electron chi connectivity index (χ3n) is 3.39. The third-order valence-corrected chi connectivity index (χ3v) is 5.20. The lowest BCUT2D eigenvalue weighted by Gasteiger charge is -2.20. The predicted octanol–water partition coefficient (Wildman–Crippen LogP) is 3.06. The zero-order valence-electron chi connectivity index (χ0n) is 14.4. The van der Waals surface area contributed by atoms with E-state index in [4.69, 9.17) is 0 Å². The molecular formula is C16H21N5O2S2. The van der Waals surface area contributed by atoms with Gasteiger partial charge in [-0.05, 0) is 45.1 Å². The van der Waals surface area contributed by atoms with Gasteiger partial charge >= 0.3 is 6.03 Å². The van der Waals surface area contributed by atoms with Gasteiger partial charge in [0.25, 0.3) is 0 Å². The number of imide groups is 1. The number of nitrogens with one attached hydrogen (secondary N) is 2. The van der Waals surface area contributed by atoms with Gasteiger partial charge in [-0.25, -0.2) is 4.79 Å². The first kappa shape index (κ1) is 17.9. The van der Waals surface area contributed by atoms with Gasteiger partial charge in [-0.3, -0.25) is 14.7 Å². The molecule has 3 rings (SSSR count). The Morgan fingerprint density at radius 3 is 2.72 bits per heavy atom. The summed E-state index contributed by atoms with van der Waals surface area (Å²) >= 11 is 2.93. The van der Waals surface area contributed by atoms with Crippen molar-refractivity contribution in [3.8, 4) is 10.7 Å². The van der Waals surface area contributed by atoms with Crippen LogP contribution in [0, 0.1) is 0 Å². The van der Waals surface area contributed by atoms with Crippen LogP contribution in [0.2, 0.25) is 0 Å². The maximum atomic E-state index is 12.0. The van der Waals surface area contributed by atoms with Crippen LogP contribution in [-0.2, 0) is 4.79 Å². The van der Waals surface area contributed by atoms with Gasteiger partial charge in [-0.1, -0.05) is 17.8 Å². The Hall–Kier alpha value is -1.87. The first-order valence-electron chi connectivity index (χ1n) is 8.07. The number of hydrogen-bond donors (Lipinski definition) is 2.